The Morgan fingerprint density at radius 2 is 1.88 bits per heavy atom. The number of urea groups is 1. The summed E-state index contributed by atoms with van der Waals surface area (Å²) in [6.07, 6.45) is 0.261. The summed E-state index contributed by atoms with van der Waals surface area (Å²) in [6.45, 7) is 0.435. The first-order valence-electron chi connectivity index (χ1n) is 7.41. The minimum Gasteiger partial charge on any atom is -0.333 e. The van der Waals surface area contributed by atoms with Crippen molar-refractivity contribution in [3.05, 3.63) is 58.6 Å². The molecule has 0 spiro atoms. The van der Waals surface area contributed by atoms with Gasteiger partial charge in [-0.15, -0.1) is 0 Å². The standard InChI is InChI=1S/C17H15Cl2N3O2/c18-11-6-7-15(14(19)8-11)21-17(24)20-12-9-16(23)22(10-12)13-4-2-1-3-5-13/h1-8,12H,9-10H2,(H2,20,21,24)/t12-/m0/s1. The summed E-state index contributed by atoms with van der Waals surface area (Å²) >= 11 is 11.9. The van der Waals surface area contributed by atoms with Crippen LogP contribution in [0.2, 0.25) is 10.0 Å². The van der Waals surface area contributed by atoms with E-state index in [9.17, 15) is 9.59 Å². The molecule has 3 amide bonds. The van der Waals surface area contributed by atoms with Crippen LogP contribution in [0.5, 0.6) is 0 Å². The largest absolute Gasteiger partial charge is 0.333 e. The van der Waals surface area contributed by atoms with Gasteiger partial charge in [0.05, 0.1) is 16.8 Å². The van der Waals surface area contributed by atoms with Crippen molar-refractivity contribution in [1.82, 2.24) is 5.32 Å². The highest BCUT2D eigenvalue weighted by atomic mass is 35.5. The first kappa shape index (κ1) is 16.6. The molecule has 5 nitrogen and oxygen atoms in total. The van der Waals surface area contributed by atoms with E-state index in [4.69, 9.17) is 23.2 Å². The third-order valence-electron chi connectivity index (χ3n) is 3.71. The Labute approximate surface area is 149 Å². The zero-order chi connectivity index (χ0) is 17.1. The van der Waals surface area contributed by atoms with Gasteiger partial charge in [0.25, 0.3) is 0 Å². The van der Waals surface area contributed by atoms with Crippen LogP contribution in [0.1, 0.15) is 6.42 Å². The number of halogens is 2. The van der Waals surface area contributed by atoms with Crippen LogP contribution in [-0.2, 0) is 4.79 Å². The smallest absolute Gasteiger partial charge is 0.319 e. The predicted molar refractivity (Wildman–Crippen MR) is 95.8 cm³/mol. The molecule has 3 rings (SSSR count). The quantitative estimate of drug-likeness (QED) is 0.867. The number of para-hydroxylation sites is 1. The first-order valence-corrected chi connectivity index (χ1v) is 8.16. The molecule has 1 heterocycles. The molecule has 2 aromatic rings. The molecule has 1 atom stereocenters. The molecule has 1 aliphatic rings. The monoisotopic (exact) mass is 363 g/mol. The molecule has 0 bridgehead atoms. The van der Waals surface area contributed by atoms with Crippen molar-refractivity contribution < 1.29 is 9.59 Å². The van der Waals surface area contributed by atoms with E-state index in [1.54, 1.807) is 23.1 Å². The highest BCUT2D eigenvalue weighted by Gasteiger charge is 2.31. The zero-order valence-corrected chi connectivity index (χ0v) is 14.1. The summed E-state index contributed by atoms with van der Waals surface area (Å²) < 4.78 is 0. The number of hydrogen-bond acceptors (Lipinski definition) is 2. The van der Waals surface area contributed by atoms with Gasteiger partial charge in [-0.2, -0.15) is 0 Å². The molecule has 0 radical (unpaired) electrons. The summed E-state index contributed by atoms with van der Waals surface area (Å²) in [4.78, 5) is 25.9. The summed E-state index contributed by atoms with van der Waals surface area (Å²) in [5, 5.41) is 6.30. The number of anilines is 2. The van der Waals surface area contributed by atoms with E-state index in [1.807, 2.05) is 30.3 Å². The maximum absolute atomic E-state index is 12.1. The molecule has 1 aliphatic heterocycles. The Balaban J connectivity index is 1.60. The molecule has 1 saturated heterocycles. The van der Waals surface area contributed by atoms with Gasteiger partial charge in [-0.3, -0.25) is 4.79 Å². The first-order chi connectivity index (χ1) is 11.5. The summed E-state index contributed by atoms with van der Waals surface area (Å²) in [5.41, 5.74) is 1.29. The molecule has 24 heavy (non-hydrogen) atoms. The number of carbonyl (C=O) groups excluding carboxylic acids is 2. The lowest BCUT2D eigenvalue weighted by molar-refractivity contribution is -0.117. The fraction of sp³-hybridized carbons (Fsp3) is 0.176. The summed E-state index contributed by atoms with van der Waals surface area (Å²) in [7, 11) is 0. The molecule has 0 unspecified atom stereocenters. The average Bonchev–Trinajstić information content (AvgIpc) is 2.91. The van der Waals surface area contributed by atoms with Crippen molar-refractivity contribution in [1.29, 1.82) is 0 Å². The van der Waals surface area contributed by atoms with Crippen molar-refractivity contribution in [3.63, 3.8) is 0 Å². The van der Waals surface area contributed by atoms with Crippen LogP contribution in [-0.4, -0.2) is 24.5 Å². The molecule has 7 heteroatoms. The van der Waals surface area contributed by atoms with E-state index in [-0.39, 0.29) is 18.4 Å². The number of amides is 3. The number of nitrogens with zero attached hydrogens (tertiary/aromatic N) is 1. The normalized spacial score (nSPS) is 17.0. The minimum atomic E-state index is -0.410. The van der Waals surface area contributed by atoms with Crippen molar-refractivity contribution in [2.75, 3.05) is 16.8 Å². The molecule has 2 N–H and O–H groups in total. The Hall–Kier alpha value is -2.24. The Bertz CT molecular complexity index is 768. The Kier molecular flexibility index (Phi) is 4.92. The van der Waals surface area contributed by atoms with Crippen LogP contribution in [0.4, 0.5) is 16.2 Å². The maximum atomic E-state index is 12.1. The number of benzene rings is 2. The molecular formula is C17H15Cl2N3O2. The van der Waals surface area contributed by atoms with E-state index in [1.165, 1.54) is 0 Å². The van der Waals surface area contributed by atoms with Gasteiger partial charge in [-0.25, -0.2) is 4.79 Å². The van der Waals surface area contributed by atoms with Crippen molar-refractivity contribution in [2.24, 2.45) is 0 Å². The molecule has 1 fully saturated rings. The number of nitrogens with one attached hydrogen (secondary N) is 2. The van der Waals surface area contributed by atoms with Crippen molar-refractivity contribution in [3.8, 4) is 0 Å². The molecular weight excluding hydrogens is 349 g/mol. The SMILES string of the molecule is O=C(Nc1ccc(Cl)cc1Cl)N[C@H]1CC(=O)N(c2ccccc2)C1. The minimum absolute atomic E-state index is 0.0176. The average molecular weight is 364 g/mol. The van der Waals surface area contributed by atoms with Gasteiger partial charge in [0.1, 0.15) is 0 Å². The van der Waals surface area contributed by atoms with Crippen molar-refractivity contribution in [2.45, 2.75) is 12.5 Å². The van der Waals surface area contributed by atoms with Crippen LogP contribution < -0.4 is 15.5 Å². The van der Waals surface area contributed by atoms with Gasteiger partial charge in [0, 0.05) is 23.7 Å². The zero-order valence-electron chi connectivity index (χ0n) is 12.6. The van der Waals surface area contributed by atoms with Crippen LogP contribution in [0.25, 0.3) is 0 Å². The predicted octanol–water partition coefficient (Wildman–Crippen LogP) is 3.92. The summed E-state index contributed by atoms with van der Waals surface area (Å²) in [5.74, 6) is -0.0176. The fourth-order valence-electron chi connectivity index (χ4n) is 2.60. The molecule has 0 saturated carbocycles. The van der Waals surface area contributed by atoms with E-state index in [0.717, 1.165) is 5.69 Å². The van der Waals surface area contributed by atoms with Crippen LogP contribution in [0, 0.1) is 0 Å². The molecule has 0 aliphatic carbocycles. The lowest BCUT2D eigenvalue weighted by atomic mass is 10.2. The highest BCUT2D eigenvalue weighted by molar-refractivity contribution is 6.36. The fourth-order valence-corrected chi connectivity index (χ4v) is 3.05. The molecule has 124 valence electrons. The van der Waals surface area contributed by atoms with E-state index >= 15 is 0 Å². The van der Waals surface area contributed by atoms with Gasteiger partial charge in [0.2, 0.25) is 5.91 Å². The lowest BCUT2D eigenvalue weighted by Crippen LogP contribution is -2.39. The van der Waals surface area contributed by atoms with Gasteiger partial charge in [-0.1, -0.05) is 41.4 Å². The van der Waals surface area contributed by atoms with Crippen LogP contribution in [0.15, 0.2) is 48.5 Å². The van der Waals surface area contributed by atoms with Crippen molar-refractivity contribution >= 4 is 46.5 Å². The number of hydrogen-bond donors (Lipinski definition) is 2. The summed E-state index contributed by atoms with van der Waals surface area (Å²) in [6, 6.07) is 13.5. The van der Waals surface area contributed by atoms with Gasteiger partial charge >= 0.3 is 6.03 Å². The maximum Gasteiger partial charge on any atom is 0.319 e. The third-order valence-corrected chi connectivity index (χ3v) is 4.26. The van der Waals surface area contributed by atoms with Crippen LogP contribution >= 0.6 is 23.2 Å². The van der Waals surface area contributed by atoms with E-state index < -0.39 is 6.03 Å². The second-order valence-electron chi connectivity index (χ2n) is 5.46. The lowest BCUT2D eigenvalue weighted by Gasteiger charge is -2.17. The van der Waals surface area contributed by atoms with Gasteiger partial charge < -0.3 is 15.5 Å². The Morgan fingerprint density at radius 1 is 1.12 bits per heavy atom. The van der Waals surface area contributed by atoms with E-state index in [2.05, 4.69) is 10.6 Å². The number of rotatable bonds is 3. The van der Waals surface area contributed by atoms with Gasteiger partial charge in [0.15, 0.2) is 0 Å². The van der Waals surface area contributed by atoms with Crippen LogP contribution in [0.3, 0.4) is 0 Å². The second-order valence-corrected chi connectivity index (χ2v) is 6.31. The number of carbonyl (C=O) groups is 2. The Morgan fingerprint density at radius 3 is 2.58 bits per heavy atom. The highest BCUT2D eigenvalue weighted by Crippen LogP contribution is 2.25. The van der Waals surface area contributed by atoms with Gasteiger partial charge in [-0.05, 0) is 30.3 Å². The third kappa shape index (κ3) is 3.80. The molecule has 0 aromatic heterocycles. The topological polar surface area (TPSA) is 61.4 Å². The second kappa shape index (κ2) is 7.11. The molecule has 2 aromatic carbocycles. The van der Waals surface area contributed by atoms with E-state index in [0.29, 0.717) is 22.3 Å².